The van der Waals surface area contributed by atoms with Crippen molar-refractivity contribution >= 4 is 17.5 Å². The van der Waals surface area contributed by atoms with Gasteiger partial charge in [0.25, 0.3) is 0 Å². The Labute approximate surface area is 171 Å². The summed E-state index contributed by atoms with van der Waals surface area (Å²) in [5.74, 6) is -0.582. The van der Waals surface area contributed by atoms with Gasteiger partial charge in [-0.05, 0) is 81.6 Å². The van der Waals surface area contributed by atoms with E-state index in [9.17, 15) is 14.0 Å². The fourth-order valence-corrected chi connectivity index (χ4v) is 4.98. The van der Waals surface area contributed by atoms with E-state index in [0.29, 0.717) is 37.0 Å². The van der Waals surface area contributed by atoms with Crippen molar-refractivity contribution in [3.63, 3.8) is 0 Å². The number of hydrogen-bond donors (Lipinski definition) is 2. The van der Waals surface area contributed by atoms with E-state index in [1.54, 1.807) is 12.1 Å². The molecule has 29 heavy (non-hydrogen) atoms. The maximum atomic E-state index is 14.8. The number of halogens is 1. The molecule has 2 saturated heterocycles. The summed E-state index contributed by atoms with van der Waals surface area (Å²) in [5.41, 5.74) is 9.97. The van der Waals surface area contributed by atoms with Gasteiger partial charge >= 0.3 is 0 Å². The lowest BCUT2D eigenvalue weighted by molar-refractivity contribution is -0.146. The van der Waals surface area contributed by atoms with Crippen LogP contribution in [0.25, 0.3) is 0 Å². The number of benzene rings is 1. The molecule has 1 saturated carbocycles. The van der Waals surface area contributed by atoms with Gasteiger partial charge in [0.15, 0.2) is 0 Å². The first kappa shape index (κ1) is 20.3. The third-order valence-corrected chi connectivity index (χ3v) is 6.75. The van der Waals surface area contributed by atoms with E-state index in [4.69, 9.17) is 5.73 Å². The number of carbonyl (C=O) groups excluding carboxylic acids is 2. The molecule has 3 aliphatic rings. The second-order valence-corrected chi connectivity index (χ2v) is 8.70. The Hall–Kier alpha value is -1.99. The summed E-state index contributed by atoms with van der Waals surface area (Å²) in [4.78, 5) is 26.4. The number of hydrogen-bond acceptors (Lipinski definition) is 5. The van der Waals surface area contributed by atoms with E-state index < -0.39 is 0 Å². The number of carbonyl (C=O) groups is 2. The van der Waals surface area contributed by atoms with E-state index in [1.807, 2.05) is 0 Å². The number of imide groups is 1. The molecule has 2 amide bonds. The topological polar surface area (TPSA) is 78.7 Å². The molecule has 2 aliphatic heterocycles. The van der Waals surface area contributed by atoms with Crippen LogP contribution in [0.1, 0.15) is 69.3 Å². The van der Waals surface area contributed by atoms with Crippen molar-refractivity contribution in [1.82, 2.24) is 9.91 Å². The molecule has 1 aliphatic carbocycles. The van der Waals surface area contributed by atoms with E-state index in [0.717, 1.165) is 49.3 Å². The van der Waals surface area contributed by atoms with E-state index >= 15 is 0 Å². The first-order valence-electron chi connectivity index (χ1n) is 10.9. The summed E-state index contributed by atoms with van der Waals surface area (Å²) in [5, 5.41) is 1.02. The number of piperidine rings is 2. The van der Waals surface area contributed by atoms with Gasteiger partial charge in [-0.2, -0.15) is 5.01 Å². The zero-order chi connectivity index (χ0) is 20.4. The van der Waals surface area contributed by atoms with Crippen LogP contribution in [0.15, 0.2) is 18.2 Å². The summed E-state index contributed by atoms with van der Waals surface area (Å²) in [6, 6.07) is 5.96. The molecular formula is C22H31FN4O2. The molecule has 0 unspecified atom stereocenters. The van der Waals surface area contributed by atoms with Gasteiger partial charge in [-0.1, -0.05) is 6.07 Å². The number of rotatable bonds is 4. The Morgan fingerprint density at radius 2 is 1.62 bits per heavy atom. The smallest absolute Gasteiger partial charge is 0.248 e. The highest BCUT2D eigenvalue weighted by atomic mass is 19.1. The molecule has 2 heterocycles. The summed E-state index contributed by atoms with van der Waals surface area (Å²) in [7, 11) is 0. The first-order chi connectivity index (χ1) is 14.0. The number of nitrogens with one attached hydrogen (secondary N) is 1. The highest BCUT2D eigenvalue weighted by Crippen LogP contribution is 2.34. The summed E-state index contributed by atoms with van der Waals surface area (Å²) >= 11 is 0. The zero-order valence-electron chi connectivity index (χ0n) is 16.9. The largest absolute Gasteiger partial charge is 0.328 e. The van der Waals surface area contributed by atoms with Crippen LogP contribution < -0.4 is 11.2 Å². The van der Waals surface area contributed by atoms with Gasteiger partial charge in [-0.15, -0.1) is 0 Å². The number of hydrazine groups is 1. The minimum absolute atomic E-state index is 0.212. The van der Waals surface area contributed by atoms with Crippen LogP contribution >= 0.6 is 0 Å². The van der Waals surface area contributed by atoms with Crippen LogP contribution in [0.3, 0.4) is 0 Å². The van der Waals surface area contributed by atoms with Crippen LogP contribution in [0.2, 0.25) is 0 Å². The summed E-state index contributed by atoms with van der Waals surface area (Å²) in [6.07, 6.45) is 7.73. The average Bonchev–Trinajstić information content (AvgIpc) is 2.72. The lowest BCUT2D eigenvalue weighted by Crippen LogP contribution is -2.44. The Kier molecular flexibility index (Phi) is 6.15. The molecule has 0 bridgehead atoms. The normalized spacial score (nSPS) is 27.3. The maximum Gasteiger partial charge on any atom is 0.248 e. The Morgan fingerprint density at radius 1 is 0.966 bits per heavy atom. The molecule has 0 atom stereocenters. The van der Waals surface area contributed by atoms with Crippen molar-refractivity contribution in [2.24, 2.45) is 5.73 Å². The highest BCUT2D eigenvalue weighted by Gasteiger charge is 2.30. The predicted molar refractivity (Wildman–Crippen MR) is 110 cm³/mol. The molecule has 7 heteroatoms. The summed E-state index contributed by atoms with van der Waals surface area (Å²) < 4.78 is 14.8. The van der Waals surface area contributed by atoms with Crippen LogP contribution in [-0.4, -0.2) is 46.9 Å². The molecule has 3 N–H and O–H groups in total. The fourth-order valence-electron chi connectivity index (χ4n) is 4.98. The van der Waals surface area contributed by atoms with Crippen molar-refractivity contribution < 1.29 is 14.0 Å². The van der Waals surface area contributed by atoms with E-state index in [1.165, 1.54) is 18.9 Å². The maximum absolute atomic E-state index is 14.8. The number of nitrogens with two attached hydrogens (primary N) is 1. The highest BCUT2D eigenvalue weighted by molar-refractivity contribution is 5.98. The van der Waals surface area contributed by atoms with Crippen molar-refractivity contribution in [1.29, 1.82) is 0 Å². The number of anilines is 1. The molecule has 1 aromatic carbocycles. The zero-order valence-corrected chi connectivity index (χ0v) is 16.9. The Bertz CT molecular complexity index is 739. The first-order valence-corrected chi connectivity index (χ1v) is 10.9. The molecule has 0 aromatic heterocycles. The minimum Gasteiger partial charge on any atom is -0.328 e. The van der Waals surface area contributed by atoms with Crippen LogP contribution in [0.5, 0.6) is 0 Å². The average molecular weight is 403 g/mol. The van der Waals surface area contributed by atoms with E-state index in [2.05, 4.69) is 10.3 Å². The van der Waals surface area contributed by atoms with Crippen molar-refractivity contribution in [2.75, 3.05) is 18.5 Å². The second kappa shape index (κ2) is 8.79. The van der Waals surface area contributed by atoms with Gasteiger partial charge in [0, 0.05) is 24.9 Å². The molecule has 1 aromatic rings. The number of likely N-dealkylation sites (tertiary alicyclic amines) is 1. The molecule has 0 spiro atoms. The van der Waals surface area contributed by atoms with Gasteiger partial charge in [0.2, 0.25) is 11.8 Å². The van der Waals surface area contributed by atoms with Crippen LogP contribution in [-0.2, 0) is 9.59 Å². The van der Waals surface area contributed by atoms with Gasteiger partial charge < -0.3 is 10.6 Å². The van der Waals surface area contributed by atoms with Crippen molar-refractivity contribution in [3.8, 4) is 0 Å². The fraction of sp³-hybridized carbons (Fsp3) is 0.636. The molecule has 158 valence electrons. The number of amides is 2. The molecule has 6 nitrogen and oxygen atoms in total. The molecule has 3 fully saturated rings. The van der Waals surface area contributed by atoms with Crippen LogP contribution in [0, 0.1) is 5.82 Å². The van der Waals surface area contributed by atoms with E-state index in [-0.39, 0.29) is 23.5 Å². The lowest BCUT2D eigenvalue weighted by atomic mass is 9.85. The second-order valence-electron chi connectivity index (χ2n) is 8.70. The number of nitrogens with zero attached hydrogens (tertiary/aromatic N) is 2. The quantitative estimate of drug-likeness (QED) is 0.757. The van der Waals surface area contributed by atoms with Crippen molar-refractivity contribution in [3.05, 3.63) is 29.6 Å². The summed E-state index contributed by atoms with van der Waals surface area (Å²) in [6.45, 7) is 2.00. The van der Waals surface area contributed by atoms with Gasteiger partial charge in [0.05, 0.1) is 5.69 Å². The Balaban J connectivity index is 1.35. The third-order valence-electron chi connectivity index (χ3n) is 6.75. The van der Waals surface area contributed by atoms with Crippen LogP contribution in [0.4, 0.5) is 10.1 Å². The SMILES string of the molecule is NC1CCC(N2CCC(c3ccc(NN4C(=O)CCCC4=O)cc3F)CC2)CC1. The van der Waals surface area contributed by atoms with Gasteiger partial charge in [-0.25, -0.2) is 4.39 Å². The van der Waals surface area contributed by atoms with Gasteiger partial charge in [-0.3, -0.25) is 15.0 Å². The lowest BCUT2D eigenvalue weighted by Gasteiger charge is -2.40. The molecule has 4 rings (SSSR count). The minimum atomic E-state index is -0.269. The molecular weight excluding hydrogens is 371 g/mol. The third kappa shape index (κ3) is 4.61. The predicted octanol–water partition coefficient (Wildman–Crippen LogP) is 3.14. The monoisotopic (exact) mass is 402 g/mol. The standard InChI is InChI=1S/C22H31FN4O2/c23-20-14-17(25-27-21(28)2-1-3-22(27)29)6-9-19(20)15-10-12-26(13-11-15)18-7-4-16(24)5-8-18/h6,9,14-16,18,25H,1-5,7-8,10-13,24H2. The van der Waals surface area contributed by atoms with Crippen molar-refractivity contribution in [2.45, 2.75) is 75.8 Å². The van der Waals surface area contributed by atoms with Gasteiger partial charge in [0.1, 0.15) is 5.82 Å². The Morgan fingerprint density at radius 3 is 2.24 bits per heavy atom. The molecule has 0 radical (unpaired) electrons.